The molecule has 4 heteroatoms. The molecule has 0 aromatic heterocycles. The van der Waals surface area contributed by atoms with Crippen molar-refractivity contribution in [2.45, 2.75) is 38.7 Å². The molecule has 0 saturated heterocycles. The number of nitrogens with zero attached hydrogens (tertiary/aromatic N) is 1. The van der Waals surface area contributed by atoms with Crippen molar-refractivity contribution in [3.05, 3.63) is 35.4 Å². The lowest BCUT2D eigenvalue weighted by atomic mass is 10.1. The zero-order valence-electron chi connectivity index (χ0n) is 10.1. The predicted molar refractivity (Wildman–Crippen MR) is 65.6 cm³/mol. The largest absolute Gasteiger partial charge is 0.391 e. The third kappa shape index (κ3) is 3.79. The van der Waals surface area contributed by atoms with Crippen LogP contribution in [0, 0.1) is 5.92 Å². The molecule has 18 heavy (non-hydrogen) atoms. The number of halogens is 2. The van der Waals surface area contributed by atoms with Crippen LogP contribution in [0.25, 0.3) is 0 Å². The molecule has 1 saturated carbocycles. The van der Waals surface area contributed by atoms with Gasteiger partial charge in [-0.1, -0.05) is 42.3 Å². The van der Waals surface area contributed by atoms with E-state index in [1.54, 1.807) is 12.1 Å². The number of benzene rings is 1. The van der Waals surface area contributed by atoms with E-state index in [2.05, 4.69) is 11.4 Å². The zero-order valence-corrected chi connectivity index (χ0v) is 10.1. The highest BCUT2D eigenvalue weighted by molar-refractivity contribution is 5.60. The fraction of sp³-hybridized carbons (Fsp3) is 0.500. The van der Waals surface area contributed by atoms with Gasteiger partial charge in [0.15, 0.2) is 0 Å². The van der Waals surface area contributed by atoms with Crippen LogP contribution in [0.15, 0.2) is 29.4 Å². The van der Waals surface area contributed by atoms with E-state index in [0.717, 1.165) is 18.4 Å². The summed E-state index contributed by atoms with van der Waals surface area (Å²) in [5.74, 6) is 0.422. The normalized spacial score (nSPS) is 16.8. The lowest BCUT2D eigenvalue weighted by Crippen LogP contribution is -1.95. The van der Waals surface area contributed by atoms with Crippen molar-refractivity contribution in [1.29, 1.82) is 0 Å². The number of alkyl halides is 2. The minimum atomic E-state index is -2.42. The van der Waals surface area contributed by atoms with Gasteiger partial charge in [0.2, 0.25) is 0 Å². The number of rotatable bonds is 5. The minimum Gasteiger partial charge on any atom is -0.391 e. The molecule has 0 amide bonds. The molecule has 0 aliphatic heterocycles. The quantitative estimate of drug-likeness (QED) is 0.568. The molecule has 0 atom stereocenters. The van der Waals surface area contributed by atoms with E-state index in [0.29, 0.717) is 12.5 Å². The van der Waals surface area contributed by atoms with Crippen molar-refractivity contribution in [3.63, 3.8) is 0 Å². The van der Waals surface area contributed by atoms with Gasteiger partial charge in [-0.25, -0.2) is 8.78 Å². The van der Waals surface area contributed by atoms with Crippen molar-refractivity contribution in [2.75, 3.05) is 0 Å². The summed E-state index contributed by atoms with van der Waals surface area (Å²) in [6.45, 7) is 0.295. The highest BCUT2D eigenvalue weighted by Crippen LogP contribution is 2.23. The van der Waals surface area contributed by atoms with Gasteiger partial charge in [0, 0.05) is 11.5 Å². The predicted octanol–water partition coefficient (Wildman–Crippen LogP) is 4.19. The van der Waals surface area contributed by atoms with Crippen LogP contribution in [-0.4, -0.2) is 6.21 Å². The summed E-state index contributed by atoms with van der Waals surface area (Å²) >= 11 is 0. The van der Waals surface area contributed by atoms with Crippen LogP contribution in [0.1, 0.15) is 43.2 Å². The van der Waals surface area contributed by atoms with Crippen LogP contribution in [0.4, 0.5) is 8.78 Å². The van der Waals surface area contributed by atoms with E-state index >= 15 is 0 Å². The summed E-state index contributed by atoms with van der Waals surface area (Å²) in [5.41, 5.74) is 0.858. The van der Waals surface area contributed by atoms with Gasteiger partial charge in [0.1, 0.15) is 12.8 Å². The Balaban J connectivity index is 1.75. The van der Waals surface area contributed by atoms with Gasteiger partial charge in [-0.15, -0.1) is 0 Å². The summed E-state index contributed by atoms with van der Waals surface area (Å²) in [7, 11) is 0. The maximum atomic E-state index is 12.3. The monoisotopic (exact) mass is 252 g/mol. The molecule has 1 aliphatic rings. The molecule has 1 aromatic carbocycles. The fourth-order valence-electron chi connectivity index (χ4n) is 2.03. The Morgan fingerprint density at radius 3 is 2.50 bits per heavy atom. The Bertz CT molecular complexity index is 383. The highest BCUT2D eigenvalue weighted by atomic mass is 19.3. The SMILES string of the molecule is FC(F)c1ccc(CO/N=[C]\C2CCCC2)cc1. The molecule has 0 N–H and O–H groups in total. The average Bonchev–Trinajstić information content (AvgIpc) is 2.88. The Labute approximate surface area is 106 Å². The van der Waals surface area contributed by atoms with E-state index in [1.807, 2.05) is 0 Å². The highest BCUT2D eigenvalue weighted by Gasteiger charge is 2.13. The van der Waals surface area contributed by atoms with Crippen LogP contribution in [0.3, 0.4) is 0 Å². The summed E-state index contributed by atoms with van der Waals surface area (Å²) in [5, 5.41) is 3.81. The van der Waals surface area contributed by atoms with E-state index < -0.39 is 6.43 Å². The van der Waals surface area contributed by atoms with Crippen LogP contribution >= 0.6 is 0 Å². The Hall–Kier alpha value is -1.45. The molecule has 1 radical (unpaired) electrons. The van der Waals surface area contributed by atoms with Gasteiger partial charge in [0.05, 0.1) is 0 Å². The first-order valence-electron chi connectivity index (χ1n) is 6.20. The van der Waals surface area contributed by atoms with Gasteiger partial charge >= 0.3 is 0 Å². The van der Waals surface area contributed by atoms with Crippen molar-refractivity contribution in [3.8, 4) is 0 Å². The van der Waals surface area contributed by atoms with E-state index in [9.17, 15) is 8.78 Å². The molecule has 0 unspecified atom stereocenters. The molecule has 97 valence electrons. The first-order chi connectivity index (χ1) is 8.75. The molecule has 1 aromatic rings. The van der Waals surface area contributed by atoms with Crippen molar-refractivity contribution >= 4 is 6.21 Å². The molecule has 0 spiro atoms. The van der Waals surface area contributed by atoms with E-state index in [1.165, 1.54) is 25.0 Å². The number of hydrogen-bond donors (Lipinski definition) is 0. The molecule has 1 fully saturated rings. The van der Waals surface area contributed by atoms with Gasteiger partial charge < -0.3 is 4.84 Å². The van der Waals surface area contributed by atoms with Gasteiger partial charge in [-0.3, -0.25) is 0 Å². The van der Waals surface area contributed by atoms with Crippen LogP contribution in [0.2, 0.25) is 0 Å². The maximum Gasteiger partial charge on any atom is 0.263 e. The molecule has 1 aliphatic carbocycles. The fourth-order valence-corrected chi connectivity index (χ4v) is 2.03. The Morgan fingerprint density at radius 2 is 1.89 bits per heavy atom. The first kappa shape index (κ1) is 13.0. The summed E-state index contributed by atoms with van der Waals surface area (Å²) in [6.07, 6.45) is 5.29. The van der Waals surface area contributed by atoms with Crippen LogP contribution < -0.4 is 0 Å². The van der Waals surface area contributed by atoms with Crippen LogP contribution in [-0.2, 0) is 11.4 Å². The lowest BCUT2D eigenvalue weighted by Gasteiger charge is -2.03. The van der Waals surface area contributed by atoms with Gasteiger partial charge in [-0.05, 0) is 18.4 Å². The third-order valence-electron chi connectivity index (χ3n) is 3.12. The zero-order chi connectivity index (χ0) is 12.8. The smallest absolute Gasteiger partial charge is 0.263 e. The van der Waals surface area contributed by atoms with Crippen molar-refractivity contribution in [2.24, 2.45) is 11.1 Å². The summed E-state index contributed by atoms with van der Waals surface area (Å²) in [4.78, 5) is 5.11. The Morgan fingerprint density at radius 1 is 1.22 bits per heavy atom. The standard InChI is InChI=1S/C14H16F2NO/c15-14(16)13-7-5-12(6-8-13)10-18-17-9-11-3-1-2-4-11/h5-8,11,14H,1-4,10H2. The second-order valence-electron chi connectivity index (χ2n) is 4.52. The Kier molecular flexibility index (Phi) is 4.67. The molecule has 0 heterocycles. The number of hydrogen-bond acceptors (Lipinski definition) is 2. The lowest BCUT2D eigenvalue weighted by molar-refractivity contribution is 0.130. The molecule has 0 bridgehead atoms. The molecular weight excluding hydrogens is 236 g/mol. The molecular formula is C14H16F2NO. The molecule has 2 rings (SSSR count). The molecule has 2 nitrogen and oxygen atoms in total. The maximum absolute atomic E-state index is 12.3. The van der Waals surface area contributed by atoms with E-state index in [-0.39, 0.29) is 5.56 Å². The van der Waals surface area contributed by atoms with Crippen molar-refractivity contribution in [1.82, 2.24) is 0 Å². The minimum absolute atomic E-state index is 0.0276. The first-order valence-corrected chi connectivity index (χ1v) is 6.20. The summed E-state index contributed by atoms with van der Waals surface area (Å²) in [6, 6.07) is 6.08. The van der Waals surface area contributed by atoms with E-state index in [4.69, 9.17) is 4.84 Å². The van der Waals surface area contributed by atoms with Crippen molar-refractivity contribution < 1.29 is 13.6 Å². The van der Waals surface area contributed by atoms with Gasteiger partial charge in [-0.2, -0.15) is 0 Å². The van der Waals surface area contributed by atoms with Crippen LogP contribution in [0.5, 0.6) is 0 Å². The summed E-state index contributed by atoms with van der Waals surface area (Å²) < 4.78 is 24.6. The third-order valence-corrected chi connectivity index (χ3v) is 3.12. The second-order valence-corrected chi connectivity index (χ2v) is 4.52. The second kappa shape index (κ2) is 6.47. The topological polar surface area (TPSA) is 21.6 Å². The average molecular weight is 252 g/mol. The van der Waals surface area contributed by atoms with Gasteiger partial charge in [0.25, 0.3) is 6.43 Å².